The first-order valence-corrected chi connectivity index (χ1v) is 6.08. The van der Waals surface area contributed by atoms with Gasteiger partial charge in [-0.1, -0.05) is 0 Å². The van der Waals surface area contributed by atoms with E-state index in [2.05, 4.69) is 4.98 Å². The minimum absolute atomic E-state index is 0.0655. The molecule has 3 rings (SSSR count). The Morgan fingerprint density at radius 3 is 2.84 bits per heavy atom. The summed E-state index contributed by atoms with van der Waals surface area (Å²) in [4.78, 5) is 16.2. The second-order valence-corrected chi connectivity index (χ2v) is 4.33. The number of oxazole rings is 1. The summed E-state index contributed by atoms with van der Waals surface area (Å²) in [6, 6.07) is 5.30. The summed E-state index contributed by atoms with van der Waals surface area (Å²) in [5.74, 6) is 0.497. The molecular weight excluding hydrogens is 244 g/mol. The van der Waals surface area contributed by atoms with E-state index >= 15 is 0 Å². The van der Waals surface area contributed by atoms with E-state index in [-0.39, 0.29) is 5.69 Å². The third kappa shape index (κ3) is 2.01. The molecule has 0 bridgehead atoms. The van der Waals surface area contributed by atoms with E-state index in [1.54, 1.807) is 39.7 Å². The molecule has 2 heterocycles. The van der Waals surface area contributed by atoms with Crippen LogP contribution < -0.4 is 11.4 Å². The molecule has 6 nitrogen and oxygen atoms in total. The Morgan fingerprint density at radius 2 is 2.11 bits per heavy atom. The van der Waals surface area contributed by atoms with Gasteiger partial charge >= 0.3 is 5.69 Å². The number of hydrogen-bond acceptors (Lipinski definition) is 4. The third-order valence-corrected chi connectivity index (χ3v) is 3.02. The van der Waals surface area contributed by atoms with Crippen LogP contribution in [0.3, 0.4) is 0 Å². The molecule has 19 heavy (non-hydrogen) atoms. The van der Waals surface area contributed by atoms with Crippen molar-refractivity contribution in [3.05, 3.63) is 47.0 Å². The summed E-state index contributed by atoms with van der Waals surface area (Å²) >= 11 is 0. The predicted octanol–water partition coefficient (Wildman–Crippen LogP) is 1.44. The molecular formula is C13H14N4O2. The number of rotatable bonds is 3. The van der Waals surface area contributed by atoms with Crippen LogP contribution in [0, 0.1) is 0 Å². The number of aromatic nitrogens is 3. The van der Waals surface area contributed by atoms with Crippen molar-refractivity contribution in [2.24, 2.45) is 0 Å². The third-order valence-electron chi connectivity index (χ3n) is 3.02. The maximum absolute atomic E-state index is 11.9. The monoisotopic (exact) mass is 258 g/mol. The van der Waals surface area contributed by atoms with Crippen LogP contribution in [-0.2, 0) is 13.1 Å². The second-order valence-electron chi connectivity index (χ2n) is 4.33. The SMILES string of the molecule is CCn1ccn(Cc2nc3ccc(N)cc3o2)c1=O. The summed E-state index contributed by atoms with van der Waals surface area (Å²) in [7, 11) is 0. The van der Waals surface area contributed by atoms with Gasteiger partial charge in [0.1, 0.15) is 12.1 Å². The van der Waals surface area contributed by atoms with Gasteiger partial charge < -0.3 is 10.2 Å². The van der Waals surface area contributed by atoms with Gasteiger partial charge in [-0.2, -0.15) is 0 Å². The molecule has 0 aliphatic rings. The van der Waals surface area contributed by atoms with E-state index in [1.165, 1.54) is 0 Å². The van der Waals surface area contributed by atoms with E-state index in [9.17, 15) is 4.79 Å². The highest BCUT2D eigenvalue weighted by atomic mass is 16.3. The molecule has 2 aromatic heterocycles. The number of fused-ring (bicyclic) bond motifs is 1. The number of imidazole rings is 1. The quantitative estimate of drug-likeness (QED) is 0.721. The topological polar surface area (TPSA) is 79.0 Å². The van der Waals surface area contributed by atoms with E-state index in [1.807, 2.05) is 6.92 Å². The van der Waals surface area contributed by atoms with Crippen LogP contribution in [0.5, 0.6) is 0 Å². The molecule has 2 N–H and O–H groups in total. The molecule has 0 atom stereocenters. The zero-order valence-electron chi connectivity index (χ0n) is 10.5. The van der Waals surface area contributed by atoms with Gasteiger partial charge in [0.25, 0.3) is 0 Å². The van der Waals surface area contributed by atoms with Crippen LogP contribution in [0.25, 0.3) is 11.1 Å². The highest BCUT2D eigenvalue weighted by Crippen LogP contribution is 2.18. The lowest BCUT2D eigenvalue weighted by Gasteiger charge is -1.96. The van der Waals surface area contributed by atoms with E-state index in [4.69, 9.17) is 10.2 Å². The highest BCUT2D eigenvalue weighted by molar-refractivity contribution is 5.76. The zero-order valence-corrected chi connectivity index (χ0v) is 10.5. The molecule has 6 heteroatoms. The predicted molar refractivity (Wildman–Crippen MR) is 71.9 cm³/mol. The minimum Gasteiger partial charge on any atom is -0.439 e. The first kappa shape index (κ1) is 11.6. The number of anilines is 1. The minimum atomic E-state index is -0.0655. The highest BCUT2D eigenvalue weighted by Gasteiger charge is 2.09. The fraction of sp³-hybridized carbons (Fsp3) is 0.231. The van der Waals surface area contributed by atoms with Crippen LogP contribution >= 0.6 is 0 Å². The van der Waals surface area contributed by atoms with Gasteiger partial charge in [-0.25, -0.2) is 9.78 Å². The first-order chi connectivity index (χ1) is 9.17. The summed E-state index contributed by atoms with van der Waals surface area (Å²) in [5, 5.41) is 0. The van der Waals surface area contributed by atoms with Crippen molar-refractivity contribution < 1.29 is 4.42 Å². The molecule has 0 radical (unpaired) electrons. The van der Waals surface area contributed by atoms with Crippen molar-refractivity contribution in [1.82, 2.24) is 14.1 Å². The van der Waals surface area contributed by atoms with Crippen molar-refractivity contribution in [2.45, 2.75) is 20.0 Å². The maximum Gasteiger partial charge on any atom is 0.328 e. The van der Waals surface area contributed by atoms with E-state index in [0.29, 0.717) is 30.3 Å². The lowest BCUT2D eigenvalue weighted by Crippen LogP contribution is -2.23. The molecule has 0 saturated carbocycles. The molecule has 0 aliphatic heterocycles. The van der Waals surface area contributed by atoms with Gasteiger partial charge in [0.05, 0.1) is 0 Å². The van der Waals surface area contributed by atoms with Crippen molar-refractivity contribution in [3.8, 4) is 0 Å². The smallest absolute Gasteiger partial charge is 0.328 e. The zero-order chi connectivity index (χ0) is 13.4. The average molecular weight is 258 g/mol. The lowest BCUT2D eigenvalue weighted by molar-refractivity contribution is 0.500. The Hall–Kier alpha value is -2.50. The molecule has 3 aromatic rings. The Labute approximate surface area is 109 Å². The molecule has 0 amide bonds. The average Bonchev–Trinajstić information content (AvgIpc) is 2.93. The van der Waals surface area contributed by atoms with Gasteiger partial charge in [0, 0.05) is 30.7 Å². The Bertz CT molecular complexity index is 781. The van der Waals surface area contributed by atoms with E-state index in [0.717, 1.165) is 5.52 Å². The van der Waals surface area contributed by atoms with Crippen LogP contribution in [-0.4, -0.2) is 14.1 Å². The molecule has 0 fully saturated rings. The summed E-state index contributed by atoms with van der Waals surface area (Å²) in [5.41, 5.74) is 7.63. The second kappa shape index (κ2) is 4.31. The van der Waals surface area contributed by atoms with Crippen molar-refractivity contribution in [1.29, 1.82) is 0 Å². The summed E-state index contributed by atoms with van der Waals surface area (Å²) in [6.07, 6.45) is 3.48. The van der Waals surface area contributed by atoms with Gasteiger partial charge in [0.15, 0.2) is 5.58 Å². The fourth-order valence-corrected chi connectivity index (χ4v) is 2.02. The lowest BCUT2D eigenvalue weighted by atomic mass is 10.3. The molecule has 0 aliphatic carbocycles. The molecule has 0 unspecified atom stereocenters. The van der Waals surface area contributed by atoms with Crippen molar-refractivity contribution in [2.75, 3.05) is 5.73 Å². The van der Waals surface area contributed by atoms with Gasteiger partial charge in [-0.3, -0.25) is 9.13 Å². The normalized spacial score (nSPS) is 11.2. The largest absolute Gasteiger partial charge is 0.439 e. The maximum atomic E-state index is 11.9. The van der Waals surface area contributed by atoms with Crippen LogP contribution in [0.15, 0.2) is 39.8 Å². The number of hydrogen-bond donors (Lipinski definition) is 1. The van der Waals surface area contributed by atoms with Crippen LogP contribution in [0.1, 0.15) is 12.8 Å². The number of benzene rings is 1. The Morgan fingerprint density at radius 1 is 1.32 bits per heavy atom. The number of aryl methyl sites for hydroxylation is 1. The molecule has 1 aromatic carbocycles. The molecule has 0 saturated heterocycles. The van der Waals surface area contributed by atoms with Crippen LogP contribution in [0.2, 0.25) is 0 Å². The summed E-state index contributed by atoms with van der Waals surface area (Å²) in [6.45, 7) is 2.89. The van der Waals surface area contributed by atoms with Crippen LogP contribution in [0.4, 0.5) is 5.69 Å². The first-order valence-electron chi connectivity index (χ1n) is 6.08. The Kier molecular flexibility index (Phi) is 2.63. The van der Waals surface area contributed by atoms with E-state index < -0.39 is 0 Å². The molecule has 98 valence electrons. The van der Waals surface area contributed by atoms with Gasteiger partial charge in [-0.15, -0.1) is 0 Å². The summed E-state index contributed by atoms with van der Waals surface area (Å²) < 4.78 is 8.78. The number of nitrogens with zero attached hydrogens (tertiary/aromatic N) is 3. The van der Waals surface area contributed by atoms with Crippen molar-refractivity contribution >= 4 is 16.8 Å². The van der Waals surface area contributed by atoms with Gasteiger partial charge in [0.2, 0.25) is 5.89 Å². The Balaban J connectivity index is 1.96. The van der Waals surface area contributed by atoms with Gasteiger partial charge in [-0.05, 0) is 19.1 Å². The number of nitrogens with two attached hydrogens (primary N) is 1. The molecule has 0 spiro atoms. The van der Waals surface area contributed by atoms with Crippen molar-refractivity contribution in [3.63, 3.8) is 0 Å². The number of nitrogen functional groups attached to an aromatic ring is 1. The fourth-order valence-electron chi connectivity index (χ4n) is 2.02. The standard InChI is InChI=1S/C13H14N4O2/c1-2-16-5-6-17(13(16)18)8-12-15-10-4-3-9(14)7-11(10)19-12/h3-7H,2,8,14H2,1H3.